The molecule has 0 aromatic heterocycles. The Morgan fingerprint density at radius 3 is 2.14 bits per heavy atom. The summed E-state index contributed by atoms with van der Waals surface area (Å²) in [5, 5.41) is 33.8. The number of phosphoric acid groups is 1. The van der Waals surface area contributed by atoms with Crippen molar-refractivity contribution in [3.8, 4) is 11.5 Å². The summed E-state index contributed by atoms with van der Waals surface area (Å²) in [4.78, 5) is 31.6. The number of rotatable bonds is 9. The van der Waals surface area contributed by atoms with Crippen LogP contribution in [0.2, 0.25) is 0 Å². The normalized spacial score (nSPS) is 25.8. The number of phosphoric ester groups is 1. The Morgan fingerprint density at radius 1 is 1.07 bits per heavy atom. The Labute approximate surface area is 331 Å². The first-order valence-corrected chi connectivity index (χ1v) is 13.5. The molecule has 1 saturated carbocycles. The van der Waals surface area contributed by atoms with Crippen molar-refractivity contribution in [2.24, 2.45) is 10.8 Å². The summed E-state index contributed by atoms with van der Waals surface area (Å²) >= 11 is 0. The molecule has 1 saturated heterocycles. The minimum absolute atomic E-state index is 0. The fourth-order valence-corrected chi connectivity index (χ4v) is 4.22. The monoisotopic (exact) mass is 1170 g/mol. The van der Waals surface area contributed by atoms with Gasteiger partial charge >= 0.3 is 7.82 Å². The number of hydrogen-bond donors (Lipinski definition) is 6. The van der Waals surface area contributed by atoms with Crippen LogP contribution in [0.1, 0.15) is 40.2 Å². The fourth-order valence-electron chi connectivity index (χ4n) is 3.82. The summed E-state index contributed by atoms with van der Waals surface area (Å²) in [6.45, 7) is 14.5. The number of carbonyl (C=O) groups excluding carboxylic acids is 1. The number of fused-ring (bicyclic) bond motifs is 1. The zero-order chi connectivity index (χ0) is 28.6. The van der Waals surface area contributed by atoms with Gasteiger partial charge in [0, 0.05) is 119 Å². The van der Waals surface area contributed by atoms with E-state index in [1.807, 2.05) is 27.7 Å². The zero-order valence-electron chi connectivity index (χ0n) is 23.9. The van der Waals surface area contributed by atoms with Crippen LogP contribution in [0, 0.1) is 86.6 Å². The quantitative estimate of drug-likeness (QED) is 0.119. The van der Waals surface area contributed by atoms with Crippen LogP contribution < -0.4 is 14.6 Å². The SMILES string of the molecule is [CH2-]C(C)(C)C(C)(C)[CH-]Oc1ccc(/C=C(\C)C(=O)N[C@@H]2[C@H](O)[C@@H](O)[C@H]3OCO[C@H]3[C@@H]2O)cc1OP(=O)(O)O.[U].[U].[V].[Y]. The summed E-state index contributed by atoms with van der Waals surface area (Å²) in [6, 6.07) is 3.05. The second-order valence-corrected chi connectivity index (χ2v) is 12.0. The average molecular weight is 1170 g/mol. The smallest absolute Gasteiger partial charge is 0.524 e. The fraction of sp³-hybridized carbons (Fsp3) is 0.560. The molecule has 0 spiro atoms. The van der Waals surface area contributed by atoms with E-state index in [1.165, 1.54) is 31.7 Å². The third-order valence-corrected chi connectivity index (χ3v) is 7.49. The Balaban J connectivity index is 0. The number of carbonyl (C=O) groups is 1. The molecule has 6 atom stereocenters. The molecule has 1 aliphatic carbocycles. The van der Waals surface area contributed by atoms with Crippen molar-refractivity contribution >= 4 is 19.8 Å². The third kappa shape index (κ3) is 11.8. The Bertz CT molecular complexity index is 1120. The first-order valence-electron chi connectivity index (χ1n) is 11.9. The van der Waals surface area contributed by atoms with Crippen molar-refractivity contribution in [3.05, 3.63) is 42.9 Å². The maximum absolute atomic E-state index is 12.8. The number of aliphatic hydroxyl groups excluding tert-OH is 3. The van der Waals surface area contributed by atoms with Gasteiger partial charge < -0.3 is 46.3 Å². The van der Waals surface area contributed by atoms with Crippen molar-refractivity contribution in [2.45, 2.75) is 71.2 Å². The minimum Gasteiger partial charge on any atom is -0.659 e. The van der Waals surface area contributed by atoms with E-state index in [0.29, 0.717) is 5.56 Å². The topological polar surface area (TPSA) is 184 Å². The molecule has 0 unspecified atom stereocenters. The number of aliphatic hydroxyl groups is 3. The van der Waals surface area contributed by atoms with Crippen LogP contribution in [0.15, 0.2) is 23.8 Å². The Hall–Kier alpha value is 1.77. The van der Waals surface area contributed by atoms with Crippen LogP contribution in [0.5, 0.6) is 11.5 Å². The van der Waals surface area contributed by atoms with Crippen LogP contribution in [0.4, 0.5) is 0 Å². The van der Waals surface area contributed by atoms with E-state index in [-0.39, 0.29) is 137 Å². The van der Waals surface area contributed by atoms with Crippen LogP contribution in [-0.2, 0) is 70.1 Å². The standard InChI is InChI=1S/C25H36NO11P.2U.V.Y/c1-13(23(30)26-17-18(27)20(29)22-21(19(17)28)35-12-36-22)9-14-7-8-15(16(10-14)37-38(31,32)33)34-11-25(5,6)24(2,3)4;;;;/h7-11,17-22,27-29H,2,12H2,1,3-6H3,(H,26,30)(H2,31,32,33);;;;/q-2;;;;/b13-9+;;;;/t17-,18+,19-,20-,21+,22-;;;;/m1..../s1. The summed E-state index contributed by atoms with van der Waals surface area (Å²) in [5.74, 6) is -0.872. The summed E-state index contributed by atoms with van der Waals surface area (Å²) in [6.07, 6.45) is -4.64. The van der Waals surface area contributed by atoms with Crippen molar-refractivity contribution in [2.75, 3.05) is 6.79 Å². The van der Waals surface area contributed by atoms with E-state index >= 15 is 0 Å². The molecule has 17 heteroatoms. The maximum Gasteiger partial charge on any atom is 0.524 e. The molecule has 1 aromatic carbocycles. The van der Waals surface area contributed by atoms with Crippen LogP contribution in [0.25, 0.3) is 6.08 Å². The van der Waals surface area contributed by atoms with Gasteiger partial charge in [0.15, 0.2) is 5.75 Å². The van der Waals surface area contributed by atoms with E-state index in [1.54, 1.807) is 6.07 Å². The summed E-state index contributed by atoms with van der Waals surface area (Å²) < 4.78 is 32.6. The minimum atomic E-state index is -4.95. The molecule has 12 nitrogen and oxygen atoms in total. The molecule has 1 aromatic rings. The average Bonchev–Trinajstić information content (AvgIpc) is 3.28. The van der Waals surface area contributed by atoms with Crippen LogP contribution >= 0.6 is 7.82 Å². The molecule has 0 bridgehead atoms. The van der Waals surface area contributed by atoms with Gasteiger partial charge in [-0.05, 0) is 30.7 Å². The summed E-state index contributed by atoms with van der Waals surface area (Å²) in [5.41, 5.74) is -0.455. The molecule has 42 heavy (non-hydrogen) atoms. The molecule has 1 amide bonds. The van der Waals surface area contributed by atoms with Gasteiger partial charge in [-0.1, -0.05) is 33.8 Å². The molecule has 230 valence electrons. The molecule has 2 fully saturated rings. The number of nitrogens with one attached hydrogen (secondary N) is 1. The van der Waals surface area contributed by atoms with E-state index in [9.17, 15) is 34.5 Å². The van der Waals surface area contributed by atoms with E-state index in [2.05, 4.69) is 12.2 Å². The van der Waals surface area contributed by atoms with E-state index < -0.39 is 61.1 Å². The van der Waals surface area contributed by atoms with Crippen molar-refractivity contribution in [1.82, 2.24) is 5.32 Å². The predicted molar refractivity (Wildman–Crippen MR) is 135 cm³/mol. The van der Waals surface area contributed by atoms with Crippen LogP contribution in [0.3, 0.4) is 0 Å². The molecule has 2 radical (unpaired) electrons. The number of ether oxygens (including phenoxy) is 3. The first kappa shape index (κ1) is 45.9. The van der Waals surface area contributed by atoms with Gasteiger partial charge in [0.05, 0.1) is 6.04 Å². The second kappa shape index (κ2) is 18.4. The summed E-state index contributed by atoms with van der Waals surface area (Å²) in [7, 11) is -4.95. The Kier molecular flexibility index (Phi) is 20.1. The van der Waals surface area contributed by atoms with Gasteiger partial charge in [-0.25, -0.2) is 4.57 Å². The molecular weight excluding hydrogens is 1140 g/mol. The maximum atomic E-state index is 12.8. The van der Waals surface area contributed by atoms with E-state index in [4.69, 9.17) is 18.7 Å². The predicted octanol–water partition coefficient (Wildman–Crippen LogP) is 1.31. The molecule has 6 N–H and O–H groups in total. The van der Waals surface area contributed by atoms with Gasteiger partial charge in [-0.15, -0.1) is 0 Å². The molecule has 1 heterocycles. The molecule has 3 rings (SSSR count). The zero-order valence-corrected chi connectivity index (χ0v) is 37.4. The first-order chi connectivity index (χ1) is 17.4. The van der Waals surface area contributed by atoms with Gasteiger partial charge in [0.25, 0.3) is 0 Å². The second-order valence-electron chi connectivity index (χ2n) is 10.8. The number of hydrogen-bond acceptors (Lipinski definition) is 9. The molecular formula is C25H36NO11PU2VY-2. The van der Waals surface area contributed by atoms with E-state index in [0.717, 1.165) is 0 Å². The van der Waals surface area contributed by atoms with Crippen molar-refractivity contribution < 1.29 is 167 Å². The Morgan fingerprint density at radius 2 is 1.62 bits per heavy atom. The van der Waals surface area contributed by atoms with Crippen molar-refractivity contribution in [3.63, 3.8) is 0 Å². The number of amides is 1. The van der Waals surface area contributed by atoms with Crippen LogP contribution in [-0.4, -0.2) is 74.4 Å². The van der Waals surface area contributed by atoms with Gasteiger partial charge in [-0.3, -0.25) is 14.6 Å². The number of benzene rings is 1. The molecule has 1 aliphatic heterocycles. The van der Waals surface area contributed by atoms with Crippen molar-refractivity contribution in [1.29, 1.82) is 0 Å². The van der Waals surface area contributed by atoms with Gasteiger partial charge in [0.2, 0.25) is 5.91 Å². The largest absolute Gasteiger partial charge is 0.659 e. The van der Waals surface area contributed by atoms with Gasteiger partial charge in [-0.2, -0.15) is 17.4 Å². The third-order valence-electron chi connectivity index (χ3n) is 7.05. The van der Waals surface area contributed by atoms with Gasteiger partial charge in [0.1, 0.15) is 43.1 Å². The molecule has 2 aliphatic rings.